The first-order valence-electron chi connectivity index (χ1n) is 11.7. The third-order valence-electron chi connectivity index (χ3n) is 5.52. The van der Waals surface area contributed by atoms with E-state index in [0.29, 0.717) is 41.2 Å². The SMILES string of the molecule is CCOC(=O)COc1c(I)cc(/C=c2\sc3n(c2=O)[C@@H](c2cccs2)C(C(=O)OCC)=C(C)N=3)cc1OC. The van der Waals surface area contributed by atoms with Crippen LogP contribution in [-0.2, 0) is 19.1 Å². The Labute approximate surface area is 240 Å². The van der Waals surface area contributed by atoms with E-state index in [0.717, 1.165) is 4.88 Å². The number of ether oxygens (including phenoxy) is 4. The number of fused-ring (bicyclic) bond motifs is 1. The van der Waals surface area contributed by atoms with E-state index in [1.54, 1.807) is 37.5 Å². The summed E-state index contributed by atoms with van der Waals surface area (Å²) in [5, 5.41) is 1.91. The third-order valence-corrected chi connectivity index (χ3v) is 8.23. The lowest BCUT2D eigenvalue weighted by atomic mass is 10.0. The van der Waals surface area contributed by atoms with Gasteiger partial charge in [0.15, 0.2) is 22.9 Å². The molecule has 9 nitrogen and oxygen atoms in total. The summed E-state index contributed by atoms with van der Waals surface area (Å²) in [5.41, 5.74) is 1.31. The Bertz CT molecular complexity index is 1570. The van der Waals surface area contributed by atoms with Crippen LogP contribution in [0.4, 0.5) is 0 Å². The second-order valence-corrected chi connectivity index (χ2v) is 11.1. The lowest BCUT2D eigenvalue weighted by Gasteiger charge is -2.23. The van der Waals surface area contributed by atoms with Crippen molar-refractivity contribution >= 4 is 63.3 Å². The van der Waals surface area contributed by atoms with Gasteiger partial charge in [0.2, 0.25) is 0 Å². The molecule has 0 fully saturated rings. The monoisotopic (exact) mass is 668 g/mol. The number of halogens is 1. The molecule has 3 aromatic rings. The molecule has 38 heavy (non-hydrogen) atoms. The summed E-state index contributed by atoms with van der Waals surface area (Å²) in [6.07, 6.45) is 1.75. The predicted molar refractivity (Wildman–Crippen MR) is 153 cm³/mol. The number of rotatable bonds is 9. The van der Waals surface area contributed by atoms with Gasteiger partial charge in [0.05, 0.1) is 39.7 Å². The molecule has 1 aliphatic heterocycles. The molecule has 0 aliphatic carbocycles. The summed E-state index contributed by atoms with van der Waals surface area (Å²) in [6, 6.07) is 6.71. The lowest BCUT2D eigenvalue weighted by molar-refractivity contribution is -0.145. The fourth-order valence-electron chi connectivity index (χ4n) is 3.96. The van der Waals surface area contributed by atoms with Gasteiger partial charge in [0.1, 0.15) is 6.04 Å². The van der Waals surface area contributed by atoms with Crippen molar-refractivity contribution in [3.63, 3.8) is 0 Å². The summed E-state index contributed by atoms with van der Waals surface area (Å²) in [4.78, 5) is 44.3. The minimum atomic E-state index is -0.624. The number of nitrogens with zero attached hydrogens (tertiary/aromatic N) is 2. The third kappa shape index (κ3) is 5.71. The minimum absolute atomic E-state index is 0.219. The molecule has 0 bridgehead atoms. The number of allylic oxidation sites excluding steroid dienone is 1. The minimum Gasteiger partial charge on any atom is -0.493 e. The Morgan fingerprint density at radius 1 is 1.21 bits per heavy atom. The molecular weight excluding hydrogens is 643 g/mol. The van der Waals surface area contributed by atoms with Crippen molar-refractivity contribution in [3.05, 3.63) is 74.6 Å². The maximum Gasteiger partial charge on any atom is 0.344 e. The quantitative estimate of drug-likeness (QED) is 0.254. The van der Waals surface area contributed by atoms with E-state index in [2.05, 4.69) is 27.6 Å². The summed E-state index contributed by atoms with van der Waals surface area (Å²) < 4.78 is 24.1. The molecule has 1 atom stereocenters. The first-order chi connectivity index (χ1) is 18.3. The van der Waals surface area contributed by atoms with Crippen molar-refractivity contribution in [2.45, 2.75) is 26.8 Å². The zero-order chi connectivity index (χ0) is 27.4. The van der Waals surface area contributed by atoms with Crippen LogP contribution in [-0.4, -0.2) is 43.4 Å². The zero-order valence-electron chi connectivity index (χ0n) is 21.1. The van der Waals surface area contributed by atoms with Gasteiger partial charge in [-0.05, 0) is 78.6 Å². The Morgan fingerprint density at radius 3 is 2.63 bits per heavy atom. The maximum absolute atomic E-state index is 13.7. The standard InChI is InChI=1S/C26H25IN2O7S2/c1-5-34-20(30)13-36-23-16(27)10-15(11-17(23)33-4)12-19-24(31)29-22(18-8-7-9-37-18)21(25(32)35-6-2)14(3)28-26(29)38-19/h7-12,22H,5-6,13H2,1-4H3/b19-12-/t22-/m0/s1. The highest BCUT2D eigenvalue weighted by atomic mass is 127. The zero-order valence-corrected chi connectivity index (χ0v) is 24.9. The van der Waals surface area contributed by atoms with Crippen molar-refractivity contribution < 1.29 is 28.5 Å². The predicted octanol–water partition coefficient (Wildman–Crippen LogP) is 3.41. The molecule has 200 valence electrons. The molecule has 1 aliphatic rings. The molecule has 0 N–H and O–H groups in total. The largest absolute Gasteiger partial charge is 0.493 e. The van der Waals surface area contributed by atoms with Crippen molar-refractivity contribution in [1.29, 1.82) is 0 Å². The first-order valence-corrected chi connectivity index (χ1v) is 14.5. The number of carbonyl (C=O) groups is 2. The van der Waals surface area contributed by atoms with Gasteiger partial charge in [0.25, 0.3) is 5.56 Å². The second kappa shape index (κ2) is 12.3. The van der Waals surface area contributed by atoms with E-state index in [1.807, 2.05) is 23.6 Å². The van der Waals surface area contributed by atoms with Gasteiger partial charge in [0, 0.05) is 4.88 Å². The Balaban J connectivity index is 1.79. The summed E-state index contributed by atoms with van der Waals surface area (Å²) in [6.45, 7) is 5.46. The number of benzene rings is 1. The van der Waals surface area contributed by atoms with Crippen molar-refractivity contribution in [2.24, 2.45) is 4.99 Å². The fraction of sp³-hybridized carbons (Fsp3) is 0.308. The molecule has 0 saturated heterocycles. The van der Waals surface area contributed by atoms with Crippen LogP contribution in [0.15, 0.2) is 50.7 Å². The van der Waals surface area contributed by atoms with Gasteiger partial charge < -0.3 is 18.9 Å². The van der Waals surface area contributed by atoms with Gasteiger partial charge in [-0.1, -0.05) is 17.4 Å². The van der Waals surface area contributed by atoms with Crippen LogP contribution < -0.4 is 24.4 Å². The Morgan fingerprint density at radius 2 is 1.97 bits per heavy atom. The topological polar surface area (TPSA) is 105 Å². The fourth-order valence-corrected chi connectivity index (χ4v) is 6.61. The molecule has 4 rings (SSSR count). The number of methoxy groups -OCH3 is 1. The van der Waals surface area contributed by atoms with E-state index in [-0.39, 0.29) is 25.4 Å². The molecular formula is C26H25IN2O7S2. The average molecular weight is 669 g/mol. The number of hydrogen-bond donors (Lipinski definition) is 0. The number of thiazole rings is 1. The molecule has 0 spiro atoms. The first kappa shape index (κ1) is 28.0. The molecule has 3 heterocycles. The lowest BCUT2D eigenvalue weighted by Crippen LogP contribution is -2.39. The average Bonchev–Trinajstić information content (AvgIpc) is 3.51. The normalized spacial score (nSPS) is 15.1. The van der Waals surface area contributed by atoms with E-state index in [1.165, 1.54) is 29.8 Å². The van der Waals surface area contributed by atoms with Crippen molar-refractivity contribution in [1.82, 2.24) is 4.57 Å². The smallest absolute Gasteiger partial charge is 0.344 e. The van der Waals surface area contributed by atoms with Gasteiger partial charge >= 0.3 is 11.9 Å². The van der Waals surface area contributed by atoms with E-state index >= 15 is 0 Å². The van der Waals surface area contributed by atoms with Crippen LogP contribution in [0.25, 0.3) is 6.08 Å². The molecule has 12 heteroatoms. The number of carbonyl (C=O) groups excluding carboxylic acids is 2. The second-order valence-electron chi connectivity index (χ2n) is 7.95. The molecule has 0 saturated carbocycles. The number of aromatic nitrogens is 1. The number of esters is 2. The highest BCUT2D eigenvalue weighted by molar-refractivity contribution is 14.1. The van der Waals surface area contributed by atoms with Gasteiger partial charge in [-0.25, -0.2) is 14.6 Å². The van der Waals surface area contributed by atoms with Gasteiger partial charge in [-0.15, -0.1) is 11.3 Å². The summed E-state index contributed by atoms with van der Waals surface area (Å²) in [5.74, 6) is -0.142. The number of hydrogen-bond acceptors (Lipinski definition) is 10. The van der Waals surface area contributed by atoms with E-state index < -0.39 is 18.0 Å². The summed E-state index contributed by atoms with van der Waals surface area (Å²) in [7, 11) is 1.50. The van der Waals surface area contributed by atoms with Crippen LogP contribution in [0, 0.1) is 3.57 Å². The molecule has 2 aromatic heterocycles. The molecule has 1 aromatic carbocycles. The van der Waals surface area contributed by atoms with Crippen LogP contribution in [0.5, 0.6) is 11.5 Å². The highest BCUT2D eigenvalue weighted by Gasteiger charge is 2.33. The number of thiophene rings is 1. The van der Waals surface area contributed by atoms with Crippen molar-refractivity contribution in [2.75, 3.05) is 26.9 Å². The van der Waals surface area contributed by atoms with Gasteiger partial charge in [-0.3, -0.25) is 9.36 Å². The molecule has 0 amide bonds. The van der Waals surface area contributed by atoms with Crippen LogP contribution >= 0.6 is 45.3 Å². The van der Waals surface area contributed by atoms with Crippen LogP contribution in [0.1, 0.15) is 37.3 Å². The maximum atomic E-state index is 13.7. The van der Waals surface area contributed by atoms with E-state index in [4.69, 9.17) is 18.9 Å². The molecule has 0 radical (unpaired) electrons. The van der Waals surface area contributed by atoms with Crippen molar-refractivity contribution in [3.8, 4) is 11.5 Å². The highest BCUT2D eigenvalue weighted by Crippen LogP contribution is 2.35. The van der Waals surface area contributed by atoms with Crippen LogP contribution in [0.3, 0.4) is 0 Å². The Hall–Kier alpha value is -2.97. The molecule has 0 unspecified atom stereocenters. The Kier molecular flexibility index (Phi) is 9.05. The summed E-state index contributed by atoms with van der Waals surface area (Å²) >= 11 is 4.79. The van der Waals surface area contributed by atoms with Gasteiger partial charge in [-0.2, -0.15) is 0 Å². The van der Waals surface area contributed by atoms with Crippen LogP contribution in [0.2, 0.25) is 0 Å². The van der Waals surface area contributed by atoms with E-state index in [9.17, 15) is 14.4 Å².